The van der Waals surface area contributed by atoms with Gasteiger partial charge in [-0.15, -0.1) is 0 Å². The zero-order valence-corrected chi connectivity index (χ0v) is 6.84. The summed E-state index contributed by atoms with van der Waals surface area (Å²) in [6, 6.07) is 0. The quantitative estimate of drug-likeness (QED) is 0.615. The molecule has 2 fully saturated rings. The Labute approximate surface area is 66.8 Å². The van der Waals surface area contributed by atoms with Gasteiger partial charge in [0, 0.05) is 6.54 Å². The fourth-order valence-electron chi connectivity index (χ4n) is 1.50. The van der Waals surface area contributed by atoms with Crippen molar-refractivity contribution in [1.29, 1.82) is 0 Å². The maximum absolute atomic E-state index is 11.2. The fraction of sp³-hybridized carbons (Fsp3) is 0.875. The number of hydrogen-bond acceptors (Lipinski definition) is 2. The lowest BCUT2D eigenvalue weighted by molar-refractivity contribution is -0.127. The normalized spacial score (nSPS) is 31.5. The van der Waals surface area contributed by atoms with Crippen LogP contribution in [0.2, 0.25) is 0 Å². The Morgan fingerprint density at radius 3 is 2.82 bits per heavy atom. The van der Waals surface area contributed by atoms with Crippen molar-refractivity contribution in [1.82, 2.24) is 10.2 Å². The van der Waals surface area contributed by atoms with Gasteiger partial charge in [0.05, 0.1) is 12.7 Å². The maximum Gasteiger partial charge on any atom is 0.237 e. The summed E-state index contributed by atoms with van der Waals surface area (Å²) in [5, 5.41) is 3.13. The molecule has 1 amide bonds. The highest BCUT2D eigenvalue weighted by Gasteiger charge is 2.32. The van der Waals surface area contributed by atoms with E-state index >= 15 is 0 Å². The average molecular weight is 154 g/mol. The molecule has 1 saturated heterocycles. The van der Waals surface area contributed by atoms with Gasteiger partial charge in [-0.2, -0.15) is 0 Å². The maximum atomic E-state index is 11.2. The summed E-state index contributed by atoms with van der Waals surface area (Å²) in [7, 11) is 0. The second kappa shape index (κ2) is 2.48. The molecule has 0 bridgehead atoms. The molecule has 1 saturated carbocycles. The van der Waals surface area contributed by atoms with Crippen molar-refractivity contribution in [3.05, 3.63) is 0 Å². The van der Waals surface area contributed by atoms with E-state index in [1.54, 1.807) is 0 Å². The largest absolute Gasteiger partial charge is 0.326 e. The van der Waals surface area contributed by atoms with Crippen molar-refractivity contribution in [2.24, 2.45) is 5.92 Å². The first kappa shape index (κ1) is 7.10. The Hall–Kier alpha value is -0.570. The number of amides is 1. The minimum Gasteiger partial charge on any atom is -0.326 e. The molecule has 1 unspecified atom stereocenters. The van der Waals surface area contributed by atoms with Crippen LogP contribution in [0.15, 0.2) is 0 Å². The lowest BCUT2D eigenvalue weighted by Gasteiger charge is -2.20. The monoisotopic (exact) mass is 154 g/mol. The van der Waals surface area contributed by atoms with E-state index < -0.39 is 0 Å². The molecule has 2 aliphatic rings. The third-order valence-electron chi connectivity index (χ3n) is 2.49. The summed E-state index contributed by atoms with van der Waals surface area (Å²) in [6.45, 7) is 3.56. The molecular formula is C8H14N2O. The van der Waals surface area contributed by atoms with Crippen LogP contribution in [0.3, 0.4) is 0 Å². The minimum atomic E-state index is 0.267. The first-order valence-corrected chi connectivity index (χ1v) is 4.30. The van der Waals surface area contributed by atoms with Crippen LogP contribution in [-0.4, -0.2) is 30.1 Å². The number of nitrogens with zero attached hydrogens (tertiary/aromatic N) is 1. The Bertz CT molecular complexity index is 177. The van der Waals surface area contributed by atoms with E-state index in [1.807, 2.05) is 11.8 Å². The van der Waals surface area contributed by atoms with E-state index in [4.69, 9.17) is 0 Å². The zero-order chi connectivity index (χ0) is 7.84. The van der Waals surface area contributed by atoms with Crippen molar-refractivity contribution in [2.75, 3.05) is 13.1 Å². The van der Waals surface area contributed by atoms with E-state index in [0.717, 1.165) is 12.5 Å². The summed E-state index contributed by atoms with van der Waals surface area (Å²) >= 11 is 0. The molecule has 3 nitrogen and oxygen atoms in total. The van der Waals surface area contributed by atoms with E-state index in [2.05, 4.69) is 5.32 Å². The molecule has 1 N–H and O–H groups in total. The first-order chi connectivity index (χ1) is 5.27. The topological polar surface area (TPSA) is 32.3 Å². The predicted octanol–water partition coefficient (Wildman–Crippen LogP) is 0.174. The number of rotatable bonds is 2. The van der Waals surface area contributed by atoms with E-state index in [1.165, 1.54) is 12.8 Å². The van der Waals surface area contributed by atoms with Crippen LogP contribution in [0.1, 0.15) is 19.8 Å². The van der Waals surface area contributed by atoms with Crippen molar-refractivity contribution in [3.63, 3.8) is 0 Å². The number of nitrogens with one attached hydrogen (secondary N) is 1. The second-order valence-corrected chi connectivity index (χ2v) is 3.55. The molecule has 62 valence electrons. The highest BCUT2D eigenvalue weighted by Crippen LogP contribution is 2.30. The van der Waals surface area contributed by atoms with Crippen LogP contribution in [0.4, 0.5) is 0 Å². The van der Waals surface area contributed by atoms with E-state index in [0.29, 0.717) is 6.54 Å². The van der Waals surface area contributed by atoms with E-state index in [-0.39, 0.29) is 12.1 Å². The Morgan fingerprint density at radius 1 is 1.64 bits per heavy atom. The van der Waals surface area contributed by atoms with Gasteiger partial charge in [0.2, 0.25) is 5.91 Å². The molecule has 1 heterocycles. The molecule has 11 heavy (non-hydrogen) atoms. The number of carbonyl (C=O) groups is 1. The molecule has 0 aromatic heterocycles. The number of hydrogen-bond donors (Lipinski definition) is 1. The molecular weight excluding hydrogens is 140 g/mol. The van der Waals surface area contributed by atoms with Crippen LogP contribution in [0, 0.1) is 5.92 Å². The van der Waals surface area contributed by atoms with Gasteiger partial charge in [-0.05, 0) is 25.7 Å². The molecule has 1 atom stereocenters. The van der Waals surface area contributed by atoms with Gasteiger partial charge in [0.1, 0.15) is 0 Å². The molecule has 2 rings (SSSR count). The molecule has 0 aromatic rings. The highest BCUT2D eigenvalue weighted by atomic mass is 16.2. The first-order valence-electron chi connectivity index (χ1n) is 4.30. The van der Waals surface area contributed by atoms with Crippen molar-refractivity contribution < 1.29 is 4.79 Å². The summed E-state index contributed by atoms with van der Waals surface area (Å²) in [5.74, 6) is 1.07. The molecule has 0 spiro atoms. The van der Waals surface area contributed by atoms with Crippen LogP contribution in [0.5, 0.6) is 0 Å². The van der Waals surface area contributed by atoms with Crippen LogP contribution in [0.25, 0.3) is 0 Å². The van der Waals surface area contributed by atoms with E-state index in [9.17, 15) is 4.79 Å². The van der Waals surface area contributed by atoms with Crippen LogP contribution in [-0.2, 0) is 4.79 Å². The van der Waals surface area contributed by atoms with Crippen molar-refractivity contribution in [2.45, 2.75) is 25.9 Å². The Morgan fingerprint density at radius 2 is 2.36 bits per heavy atom. The SMILES string of the molecule is CC1NCC(=O)N1CC1CC1. The molecule has 1 aliphatic carbocycles. The summed E-state index contributed by atoms with van der Waals surface area (Å²) < 4.78 is 0. The van der Waals surface area contributed by atoms with Crippen molar-refractivity contribution in [3.8, 4) is 0 Å². The second-order valence-electron chi connectivity index (χ2n) is 3.55. The van der Waals surface area contributed by atoms with Gasteiger partial charge in [0.15, 0.2) is 0 Å². The van der Waals surface area contributed by atoms with Gasteiger partial charge in [-0.3, -0.25) is 10.1 Å². The predicted molar refractivity (Wildman–Crippen MR) is 41.9 cm³/mol. The van der Waals surface area contributed by atoms with Crippen molar-refractivity contribution >= 4 is 5.91 Å². The summed E-state index contributed by atoms with van der Waals surface area (Å²) in [5.41, 5.74) is 0. The Kier molecular flexibility index (Phi) is 1.60. The third kappa shape index (κ3) is 1.38. The zero-order valence-electron chi connectivity index (χ0n) is 6.84. The van der Waals surface area contributed by atoms with Gasteiger partial charge in [0.25, 0.3) is 0 Å². The molecule has 0 aromatic carbocycles. The fourth-order valence-corrected chi connectivity index (χ4v) is 1.50. The van der Waals surface area contributed by atoms with Gasteiger partial charge < -0.3 is 4.90 Å². The lowest BCUT2D eigenvalue weighted by atomic mass is 10.3. The average Bonchev–Trinajstić information content (AvgIpc) is 2.73. The van der Waals surface area contributed by atoms with Gasteiger partial charge in [-0.25, -0.2) is 0 Å². The molecule has 3 heteroatoms. The highest BCUT2D eigenvalue weighted by molar-refractivity contribution is 5.80. The summed E-state index contributed by atoms with van der Waals surface area (Å²) in [6.07, 6.45) is 2.90. The third-order valence-corrected chi connectivity index (χ3v) is 2.49. The summed E-state index contributed by atoms with van der Waals surface area (Å²) in [4.78, 5) is 13.2. The molecule has 1 aliphatic heterocycles. The minimum absolute atomic E-state index is 0.267. The van der Waals surface area contributed by atoms with Crippen LogP contribution >= 0.6 is 0 Å². The van der Waals surface area contributed by atoms with Crippen LogP contribution < -0.4 is 5.32 Å². The van der Waals surface area contributed by atoms with Gasteiger partial charge in [-0.1, -0.05) is 0 Å². The smallest absolute Gasteiger partial charge is 0.237 e. The van der Waals surface area contributed by atoms with Gasteiger partial charge >= 0.3 is 0 Å². The number of carbonyl (C=O) groups excluding carboxylic acids is 1. The lowest BCUT2D eigenvalue weighted by Crippen LogP contribution is -2.36. The standard InChI is InChI=1S/C8H14N2O/c1-6-9-4-8(11)10(6)5-7-2-3-7/h6-7,9H,2-5H2,1H3. The Balaban J connectivity index is 1.92. The molecule has 0 radical (unpaired) electrons.